The molecule has 0 spiro atoms. The molecule has 2 N–H and O–H groups in total. The number of likely N-dealkylation sites (tertiary alicyclic amines) is 1. The van der Waals surface area contributed by atoms with Crippen LogP contribution in [0.15, 0.2) is 4.99 Å². The highest BCUT2D eigenvalue weighted by molar-refractivity contribution is 5.84. The molecule has 140 valence electrons. The Morgan fingerprint density at radius 1 is 1.38 bits per heavy atom. The molecular weight excluding hydrogens is 323 g/mol. The average molecular weight is 351 g/mol. The molecule has 0 aliphatic carbocycles. The molecule has 9 heteroatoms. The quantitative estimate of drug-likeness (QED) is 0.409. The lowest BCUT2D eigenvalue weighted by atomic mass is 10.3. The van der Waals surface area contributed by atoms with Crippen LogP contribution in [0.2, 0.25) is 0 Å². The maximum absolute atomic E-state index is 12.4. The minimum absolute atomic E-state index is 0.00738. The van der Waals surface area contributed by atoms with Crippen LogP contribution in [0.3, 0.4) is 0 Å². The highest BCUT2D eigenvalue weighted by Crippen LogP contribution is 2.19. The Labute approximate surface area is 141 Å². The first-order chi connectivity index (χ1) is 11.2. The second-order valence-corrected chi connectivity index (χ2v) is 6.21. The molecule has 0 aromatic carbocycles. The van der Waals surface area contributed by atoms with Crippen molar-refractivity contribution in [3.63, 3.8) is 0 Å². The van der Waals surface area contributed by atoms with Crippen molar-refractivity contribution in [3.05, 3.63) is 0 Å². The number of hydrogen-bond acceptors (Lipinski definition) is 3. The molecule has 0 aromatic heterocycles. The molecule has 0 bridgehead atoms. The first-order valence-electron chi connectivity index (χ1n) is 8.25. The molecule has 1 rings (SSSR count). The fourth-order valence-corrected chi connectivity index (χ4v) is 2.37. The Morgan fingerprint density at radius 3 is 2.67 bits per heavy atom. The van der Waals surface area contributed by atoms with Crippen molar-refractivity contribution in [1.29, 1.82) is 0 Å². The lowest BCUT2D eigenvalue weighted by molar-refractivity contribution is -0.143. The van der Waals surface area contributed by atoms with E-state index in [4.69, 9.17) is 0 Å². The number of halogens is 3. The van der Waals surface area contributed by atoms with Gasteiger partial charge >= 0.3 is 6.18 Å². The number of unbranched alkanes of at least 4 members (excludes halogenated alkanes) is 1. The van der Waals surface area contributed by atoms with Gasteiger partial charge in [-0.2, -0.15) is 13.2 Å². The van der Waals surface area contributed by atoms with Crippen LogP contribution in [0, 0.1) is 0 Å². The summed E-state index contributed by atoms with van der Waals surface area (Å²) in [6.45, 7) is 2.60. The molecule has 0 radical (unpaired) electrons. The van der Waals surface area contributed by atoms with Gasteiger partial charge in [0.1, 0.15) is 6.54 Å². The van der Waals surface area contributed by atoms with E-state index in [0.717, 1.165) is 12.8 Å². The van der Waals surface area contributed by atoms with Gasteiger partial charge in [-0.1, -0.05) is 13.3 Å². The van der Waals surface area contributed by atoms with Gasteiger partial charge in [0.15, 0.2) is 5.96 Å². The topological polar surface area (TPSA) is 60.0 Å². The van der Waals surface area contributed by atoms with Crippen molar-refractivity contribution >= 4 is 11.9 Å². The van der Waals surface area contributed by atoms with Crippen LogP contribution in [0.1, 0.15) is 26.2 Å². The van der Waals surface area contributed by atoms with Crippen LogP contribution in [-0.2, 0) is 4.79 Å². The first-order valence-corrected chi connectivity index (χ1v) is 8.25. The van der Waals surface area contributed by atoms with E-state index in [1.165, 1.54) is 9.80 Å². The number of guanidine groups is 1. The van der Waals surface area contributed by atoms with Crippen LogP contribution in [-0.4, -0.2) is 80.7 Å². The Kier molecular flexibility index (Phi) is 8.30. The van der Waals surface area contributed by atoms with Gasteiger partial charge in [0, 0.05) is 39.8 Å². The second kappa shape index (κ2) is 9.71. The molecule has 1 aliphatic rings. The number of carbonyl (C=O) groups excluding carboxylic acids is 1. The Hall–Kier alpha value is -1.51. The molecule has 1 unspecified atom stereocenters. The third kappa shape index (κ3) is 8.37. The van der Waals surface area contributed by atoms with Crippen LogP contribution in [0.25, 0.3) is 0 Å². The van der Waals surface area contributed by atoms with Crippen molar-refractivity contribution in [1.82, 2.24) is 20.4 Å². The van der Waals surface area contributed by atoms with Crippen LogP contribution in [0.4, 0.5) is 13.2 Å². The van der Waals surface area contributed by atoms with Crippen LogP contribution in [0.5, 0.6) is 0 Å². The smallest absolute Gasteiger partial charge is 0.356 e. The minimum Gasteiger partial charge on any atom is -0.356 e. The predicted octanol–water partition coefficient (Wildman–Crippen LogP) is 1.05. The van der Waals surface area contributed by atoms with Crippen LogP contribution < -0.4 is 10.6 Å². The van der Waals surface area contributed by atoms with E-state index >= 15 is 0 Å². The third-order valence-corrected chi connectivity index (χ3v) is 3.71. The Balaban J connectivity index is 2.55. The lowest BCUT2D eigenvalue weighted by Crippen LogP contribution is -2.46. The maximum atomic E-state index is 12.4. The molecule has 6 nitrogen and oxygen atoms in total. The summed E-state index contributed by atoms with van der Waals surface area (Å²) in [6.07, 6.45) is -1.59. The molecule has 1 amide bonds. The number of aliphatic imine (C=N–C) groups is 1. The highest BCUT2D eigenvalue weighted by atomic mass is 19.4. The zero-order chi connectivity index (χ0) is 18.2. The largest absolute Gasteiger partial charge is 0.401 e. The second-order valence-electron chi connectivity index (χ2n) is 6.21. The summed E-state index contributed by atoms with van der Waals surface area (Å²) in [5, 5.41) is 6.28. The number of carbonyl (C=O) groups is 1. The fourth-order valence-electron chi connectivity index (χ4n) is 2.37. The van der Waals surface area contributed by atoms with Gasteiger partial charge in [-0.3, -0.25) is 9.69 Å². The summed E-state index contributed by atoms with van der Waals surface area (Å²) >= 11 is 0. The number of likely N-dealkylation sites (N-methyl/N-ethyl adjacent to an activating group) is 1. The maximum Gasteiger partial charge on any atom is 0.401 e. The Bertz CT molecular complexity index is 426. The molecule has 1 atom stereocenters. The van der Waals surface area contributed by atoms with E-state index in [9.17, 15) is 18.0 Å². The molecular formula is C15H28F3N5O. The van der Waals surface area contributed by atoms with Gasteiger partial charge in [0.05, 0.1) is 6.54 Å². The number of alkyl halides is 3. The monoisotopic (exact) mass is 351 g/mol. The molecule has 0 aromatic rings. The van der Waals surface area contributed by atoms with Gasteiger partial charge in [-0.25, -0.2) is 4.99 Å². The van der Waals surface area contributed by atoms with Gasteiger partial charge in [0.25, 0.3) is 0 Å². The van der Waals surface area contributed by atoms with Crippen molar-refractivity contribution in [3.8, 4) is 0 Å². The van der Waals surface area contributed by atoms with Crippen molar-refractivity contribution < 1.29 is 18.0 Å². The normalized spacial score (nSPS) is 19.4. The third-order valence-electron chi connectivity index (χ3n) is 3.71. The summed E-state index contributed by atoms with van der Waals surface area (Å²) in [6, 6.07) is -0.102. The molecule has 0 saturated carbocycles. The van der Waals surface area contributed by atoms with E-state index in [1.54, 1.807) is 14.1 Å². The SMILES string of the molecule is CCCCNC(=NCC(=O)N(C)C)NC1CCN(CC(F)(F)F)C1. The van der Waals surface area contributed by atoms with Gasteiger partial charge in [0.2, 0.25) is 5.91 Å². The number of nitrogens with zero attached hydrogens (tertiary/aromatic N) is 3. The van der Waals surface area contributed by atoms with E-state index in [1.807, 2.05) is 0 Å². The molecule has 1 heterocycles. The summed E-state index contributed by atoms with van der Waals surface area (Å²) in [5.41, 5.74) is 0. The average Bonchev–Trinajstić information content (AvgIpc) is 2.89. The molecule has 24 heavy (non-hydrogen) atoms. The highest BCUT2D eigenvalue weighted by Gasteiger charge is 2.34. The predicted molar refractivity (Wildman–Crippen MR) is 87.9 cm³/mol. The Morgan fingerprint density at radius 2 is 2.08 bits per heavy atom. The standard InChI is InChI=1S/C15H28F3N5O/c1-4-5-7-19-14(20-9-13(24)22(2)3)21-12-6-8-23(10-12)11-15(16,17)18/h12H,4-11H2,1-3H3,(H2,19,20,21). The minimum atomic E-state index is -4.18. The van der Waals surface area contributed by atoms with Gasteiger partial charge < -0.3 is 15.5 Å². The lowest BCUT2D eigenvalue weighted by Gasteiger charge is -2.20. The summed E-state index contributed by atoms with van der Waals surface area (Å²) in [7, 11) is 3.31. The van der Waals surface area contributed by atoms with E-state index in [-0.39, 0.29) is 18.5 Å². The zero-order valence-electron chi connectivity index (χ0n) is 14.6. The summed E-state index contributed by atoms with van der Waals surface area (Å²) in [4.78, 5) is 18.7. The molecule has 1 fully saturated rings. The van der Waals surface area contributed by atoms with E-state index < -0.39 is 12.7 Å². The number of hydrogen-bond donors (Lipinski definition) is 2. The summed E-state index contributed by atoms with van der Waals surface area (Å²) < 4.78 is 37.3. The molecule has 1 aliphatic heterocycles. The summed E-state index contributed by atoms with van der Waals surface area (Å²) in [5.74, 6) is 0.356. The van der Waals surface area contributed by atoms with Crippen molar-refractivity contribution in [2.24, 2.45) is 4.99 Å². The zero-order valence-corrected chi connectivity index (χ0v) is 14.6. The number of amides is 1. The van der Waals surface area contributed by atoms with Gasteiger partial charge in [-0.05, 0) is 12.8 Å². The molecule has 1 saturated heterocycles. The van der Waals surface area contributed by atoms with Crippen molar-refractivity contribution in [2.45, 2.75) is 38.4 Å². The van der Waals surface area contributed by atoms with Gasteiger partial charge in [-0.15, -0.1) is 0 Å². The van der Waals surface area contributed by atoms with Crippen LogP contribution >= 0.6 is 0 Å². The van der Waals surface area contributed by atoms with E-state index in [2.05, 4.69) is 22.5 Å². The fraction of sp³-hybridized carbons (Fsp3) is 0.867. The van der Waals surface area contributed by atoms with Crippen molar-refractivity contribution in [2.75, 3.05) is 46.8 Å². The van der Waals surface area contributed by atoms with E-state index in [0.29, 0.717) is 32.0 Å². The number of nitrogens with one attached hydrogen (secondary N) is 2. The first kappa shape index (κ1) is 20.5. The number of rotatable bonds is 7.